The van der Waals surface area contributed by atoms with Crippen LogP contribution in [-0.4, -0.2) is 37.7 Å². The Bertz CT molecular complexity index is 833. The lowest BCUT2D eigenvalue weighted by Gasteiger charge is -2.52. The molecule has 3 atom stereocenters. The van der Waals surface area contributed by atoms with E-state index in [1.807, 2.05) is 12.1 Å². The van der Waals surface area contributed by atoms with Gasteiger partial charge in [0, 0.05) is 11.6 Å². The summed E-state index contributed by atoms with van der Waals surface area (Å²) in [7, 11) is 3.91. The molecule has 0 radical (unpaired) electrons. The second-order valence-electron chi connectivity index (χ2n) is 6.90. The van der Waals surface area contributed by atoms with Crippen molar-refractivity contribution < 1.29 is 9.47 Å². The molecule has 5 rings (SSSR count). The average Bonchev–Trinajstić information content (AvgIpc) is 2.92. The van der Waals surface area contributed by atoms with Gasteiger partial charge in [0.15, 0.2) is 6.10 Å². The molecule has 4 heteroatoms. The smallest absolute Gasteiger partial charge is 0.169 e. The van der Waals surface area contributed by atoms with E-state index in [1.165, 1.54) is 16.7 Å². The minimum atomic E-state index is -0.146. The number of likely N-dealkylation sites (N-methyl/N-ethyl adjacent to an activating group) is 1. The summed E-state index contributed by atoms with van der Waals surface area (Å²) in [5, 5.41) is 9.50. The van der Waals surface area contributed by atoms with Crippen molar-refractivity contribution in [3.05, 3.63) is 52.3 Å². The molecule has 2 aliphatic heterocycles. The molecule has 1 spiro atoms. The fraction of sp³-hybridized carbons (Fsp3) is 0.421. The van der Waals surface area contributed by atoms with Gasteiger partial charge in [-0.3, -0.25) is 4.90 Å². The number of hydrogen-bond acceptors (Lipinski definition) is 4. The van der Waals surface area contributed by atoms with Crippen LogP contribution in [-0.2, 0) is 16.6 Å². The molecule has 0 aromatic heterocycles. The van der Waals surface area contributed by atoms with Crippen LogP contribution in [0.1, 0.15) is 23.1 Å². The highest BCUT2D eigenvalue weighted by molar-refractivity contribution is 5.67. The van der Waals surface area contributed by atoms with Crippen molar-refractivity contribution in [2.45, 2.75) is 30.4 Å². The van der Waals surface area contributed by atoms with Gasteiger partial charge in [0.25, 0.3) is 0 Å². The maximum atomic E-state index is 9.50. The maximum absolute atomic E-state index is 9.50. The van der Waals surface area contributed by atoms with Crippen molar-refractivity contribution in [1.82, 2.24) is 4.90 Å². The van der Waals surface area contributed by atoms with Gasteiger partial charge in [0.2, 0.25) is 0 Å². The van der Waals surface area contributed by atoms with Gasteiger partial charge in [-0.05, 0) is 49.7 Å². The predicted molar refractivity (Wildman–Crippen MR) is 85.2 cm³/mol. The first-order valence-corrected chi connectivity index (χ1v) is 8.10. The second-order valence-corrected chi connectivity index (χ2v) is 6.90. The largest absolute Gasteiger partial charge is 0.497 e. The molecule has 0 N–H and O–H groups in total. The highest BCUT2D eigenvalue weighted by Crippen LogP contribution is 2.61. The van der Waals surface area contributed by atoms with Gasteiger partial charge in [0.05, 0.1) is 18.1 Å². The van der Waals surface area contributed by atoms with Crippen LogP contribution < -0.4 is 4.74 Å². The van der Waals surface area contributed by atoms with Crippen LogP contribution in [0, 0.1) is 11.3 Å². The van der Waals surface area contributed by atoms with E-state index < -0.39 is 0 Å². The third-order valence-electron chi connectivity index (χ3n) is 6.09. The number of ether oxygens (including phenoxy) is 2. The van der Waals surface area contributed by atoms with Crippen molar-refractivity contribution in [2.75, 3.05) is 20.7 Å². The Balaban J connectivity index is 1.86. The number of likely N-dealkylation sites (tertiary alicyclic amines) is 1. The third-order valence-corrected chi connectivity index (χ3v) is 6.09. The zero-order valence-corrected chi connectivity index (χ0v) is 13.3. The van der Waals surface area contributed by atoms with Gasteiger partial charge in [-0.25, -0.2) is 0 Å². The van der Waals surface area contributed by atoms with Crippen molar-refractivity contribution in [3.8, 4) is 11.8 Å². The van der Waals surface area contributed by atoms with Crippen molar-refractivity contribution in [3.63, 3.8) is 0 Å². The van der Waals surface area contributed by atoms with Crippen LogP contribution >= 0.6 is 0 Å². The summed E-state index contributed by atoms with van der Waals surface area (Å²) in [6.07, 6.45) is 6.15. The normalized spacial score (nSPS) is 33.1. The number of allylic oxidation sites excluding steroid dienone is 2. The van der Waals surface area contributed by atoms with E-state index in [0.29, 0.717) is 11.6 Å². The number of nitriles is 1. The lowest BCUT2D eigenvalue weighted by atomic mass is 9.57. The molecule has 0 amide bonds. The van der Waals surface area contributed by atoms with E-state index >= 15 is 0 Å². The molecular weight excluding hydrogens is 288 g/mol. The molecule has 23 heavy (non-hydrogen) atoms. The average molecular weight is 306 g/mol. The molecule has 2 aliphatic carbocycles. The molecule has 1 fully saturated rings. The van der Waals surface area contributed by atoms with Crippen LogP contribution in [0.5, 0.6) is 5.75 Å². The fourth-order valence-corrected chi connectivity index (χ4v) is 5.05. The highest BCUT2D eigenvalue weighted by atomic mass is 16.5. The highest BCUT2D eigenvalue weighted by Gasteiger charge is 2.61. The minimum Gasteiger partial charge on any atom is -0.497 e. The lowest BCUT2D eigenvalue weighted by Crippen LogP contribution is -2.58. The number of nitrogens with zero attached hydrogens (tertiary/aromatic N) is 2. The molecule has 0 saturated carbocycles. The van der Waals surface area contributed by atoms with E-state index in [4.69, 9.17) is 9.47 Å². The molecule has 2 heterocycles. The van der Waals surface area contributed by atoms with Crippen molar-refractivity contribution in [1.29, 1.82) is 5.26 Å². The summed E-state index contributed by atoms with van der Waals surface area (Å²) in [5.41, 5.74) is 4.50. The quantitative estimate of drug-likeness (QED) is 0.798. The Morgan fingerprint density at radius 2 is 2.26 bits per heavy atom. The summed E-state index contributed by atoms with van der Waals surface area (Å²) in [5.74, 6) is 1.65. The zero-order chi connectivity index (χ0) is 15.8. The standard InChI is InChI=1S/C19H18N2O2/c1-21-8-7-19-13-5-6-15(22-2)18(19)23-17-12(10-20)4-3-11(16(17)19)9-14(13)21/h3-6,14,18H,7-9H2,1-2H3/t14?,18?,19-/m0/s1. The minimum absolute atomic E-state index is 0.132. The van der Waals surface area contributed by atoms with Gasteiger partial charge >= 0.3 is 0 Å². The first-order valence-electron chi connectivity index (χ1n) is 8.10. The SMILES string of the molecule is COC1=CC=C2C3Cc4ccc(C#N)c5c4[C@@]2(CCN3C)C1O5. The van der Waals surface area contributed by atoms with Crippen molar-refractivity contribution in [2.24, 2.45) is 0 Å². The Hall–Kier alpha value is -2.25. The summed E-state index contributed by atoms with van der Waals surface area (Å²) in [6, 6.07) is 6.74. The van der Waals surface area contributed by atoms with E-state index in [9.17, 15) is 5.26 Å². The summed E-state index contributed by atoms with van der Waals surface area (Å²) >= 11 is 0. The molecule has 1 aromatic rings. The molecule has 4 aliphatic rings. The van der Waals surface area contributed by atoms with E-state index in [1.54, 1.807) is 7.11 Å². The van der Waals surface area contributed by atoms with E-state index in [0.717, 1.165) is 30.9 Å². The number of piperidine rings is 1. The van der Waals surface area contributed by atoms with Crippen LogP contribution in [0.15, 0.2) is 35.6 Å². The monoisotopic (exact) mass is 306 g/mol. The van der Waals surface area contributed by atoms with Gasteiger partial charge in [-0.1, -0.05) is 12.1 Å². The Labute approximate surface area is 135 Å². The van der Waals surface area contributed by atoms with Gasteiger partial charge in [-0.15, -0.1) is 0 Å². The molecule has 1 aromatic carbocycles. The summed E-state index contributed by atoms with van der Waals surface area (Å²) < 4.78 is 12.0. The number of methoxy groups -OCH3 is 1. The summed E-state index contributed by atoms with van der Waals surface area (Å²) in [4.78, 5) is 2.44. The molecular formula is C19H18N2O2. The Kier molecular flexibility index (Phi) is 2.40. The number of rotatable bonds is 1. The third kappa shape index (κ3) is 1.36. The Morgan fingerprint density at radius 1 is 1.39 bits per heavy atom. The molecule has 116 valence electrons. The van der Waals surface area contributed by atoms with E-state index in [-0.39, 0.29) is 11.5 Å². The molecule has 4 nitrogen and oxygen atoms in total. The topological polar surface area (TPSA) is 45.5 Å². The molecule has 2 unspecified atom stereocenters. The van der Waals surface area contributed by atoms with Crippen LogP contribution in [0.3, 0.4) is 0 Å². The molecule has 1 saturated heterocycles. The van der Waals surface area contributed by atoms with Crippen molar-refractivity contribution >= 4 is 0 Å². The zero-order valence-electron chi connectivity index (χ0n) is 13.3. The van der Waals surface area contributed by atoms with Gasteiger partial charge < -0.3 is 9.47 Å². The van der Waals surface area contributed by atoms with Crippen LogP contribution in [0.4, 0.5) is 0 Å². The summed E-state index contributed by atoms with van der Waals surface area (Å²) in [6.45, 7) is 1.04. The fourth-order valence-electron chi connectivity index (χ4n) is 5.05. The van der Waals surface area contributed by atoms with Crippen LogP contribution in [0.25, 0.3) is 0 Å². The second kappa shape index (κ2) is 4.18. The molecule has 2 bridgehead atoms. The lowest BCUT2D eigenvalue weighted by molar-refractivity contribution is 0.0742. The van der Waals surface area contributed by atoms with Gasteiger partial charge in [0.1, 0.15) is 17.6 Å². The maximum Gasteiger partial charge on any atom is 0.169 e. The van der Waals surface area contributed by atoms with Crippen LogP contribution in [0.2, 0.25) is 0 Å². The first-order chi connectivity index (χ1) is 11.2. The Morgan fingerprint density at radius 3 is 3.04 bits per heavy atom. The van der Waals surface area contributed by atoms with E-state index in [2.05, 4.69) is 30.2 Å². The first kappa shape index (κ1) is 13.2. The number of benzene rings is 1. The van der Waals surface area contributed by atoms with Gasteiger partial charge in [-0.2, -0.15) is 5.26 Å². The predicted octanol–water partition coefficient (Wildman–Crippen LogP) is 2.29. The number of hydrogen-bond donors (Lipinski definition) is 0.